The van der Waals surface area contributed by atoms with Crippen LogP contribution in [0.5, 0.6) is 11.5 Å². The first-order valence-electron chi connectivity index (χ1n) is 6.68. The Morgan fingerprint density at radius 3 is 2.45 bits per heavy atom. The molecule has 0 amide bonds. The van der Waals surface area contributed by atoms with Gasteiger partial charge in [0.15, 0.2) is 11.5 Å². The number of methoxy groups -OCH3 is 2. The minimum absolute atomic E-state index is 0.0605. The summed E-state index contributed by atoms with van der Waals surface area (Å²) in [7, 11) is 3.21. The van der Waals surface area contributed by atoms with Crippen molar-refractivity contribution in [3.63, 3.8) is 0 Å². The third kappa shape index (κ3) is 4.42. The lowest BCUT2D eigenvalue weighted by Crippen LogP contribution is -2.38. The number of aliphatic carboxylic acids is 1. The van der Waals surface area contributed by atoms with Crippen LogP contribution in [0.2, 0.25) is 0 Å². The van der Waals surface area contributed by atoms with Gasteiger partial charge in [-0.25, -0.2) is 0 Å². The molecule has 0 saturated heterocycles. The van der Waals surface area contributed by atoms with Crippen molar-refractivity contribution < 1.29 is 19.4 Å². The number of carboxylic acids is 1. The molecule has 1 atom stereocenters. The normalized spacial score (nSPS) is 12.2. The van der Waals surface area contributed by atoms with Crippen molar-refractivity contribution in [3.05, 3.63) is 23.8 Å². The number of hydrogen-bond donors (Lipinski definition) is 1. The van der Waals surface area contributed by atoms with Crippen molar-refractivity contribution >= 4 is 5.97 Å². The zero-order valence-electron chi connectivity index (χ0n) is 12.5. The van der Waals surface area contributed by atoms with Gasteiger partial charge in [0.05, 0.1) is 20.8 Å². The van der Waals surface area contributed by atoms with E-state index < -0.39 is 5.97 Å². The lowest BCUT2D eigenvalue weighted by molar-refractivity contribution is -0.138. The van der Waals surface area contributed by atoms with E-state index in [2.05, 4.69) is 0 Å². The number of likely N-dealkylation sites (N-methyl/N-ethyl adjacent to an activating group) is 1. The van der Waals surface area contributed by atoms with Gasteiger partial charge in [-0.1, -0.05) is 13.0 Å². The molecular formula is C15H23NO4. The second kappa shape index (κ2) is 7.75. The van der Waals surface area contributed by atoms with Gasteiger partial charge in [0.25, 0.3) is 0 Å². The molecule has 1 unspecified atom stereocenters. The summed E-state index contributed by atoms with van der Waals surface area (Å²) >= 11 is 0. The predicted octanol–water partition coefficient (Wildman–Crippen LogP) is 2.04. The van der Waals surface area contributed by atoms with Crippen LogP contribution >= 0.6 is 0 Å². The largest absolute Gasteiger partial charge is 0.493 e. The van der Waals surface area contributed by atoms with Crippen LogP contribution in [0.1, 0.15) is 19.4 Å². The van der Waals surface area contributed by atoms with Gasteiger partial charge in [-0.05, 0) is 37.6 Å². The summed E-state index contributed by atoms with van der Waals surface area (Å²) in [5.74, 6) is 0.589. The Labute approximate surface area is 120 Å². The molecule has 0 spiro atoms. The molecule has 0 aliphatic heterocycles. The lowest BCUT2D eigenvalue weighted by atomic mass is 10.1. The van der Waals surface area contributed by atoms with Gasteiger partial charge < -0.3 is 14.6 Å². The topological polar surface area (TPSA) is 59.0 Å². The fourth-order valence-corrected chi connectivity index (χ4v) is 2.23. The highest BCUT2D eigenvalue weighted by Gasteiger charge is 2.16. The van der Waals surface area contributed by atoms with E-state index in [4.69, 9.17) is 14.6 Å². The zero-order valence-corrected chi connectivity index (χ0v) is 12.5. The molecule has 20 heavy (non-hydrogen) atoms. The molecule has 0 aliphatic rings. The summed E-state index contributed by atoms with van der Waals surface area (Å²) in [6, 6.07) is 5.93. The fraction of sp³-hybridized carbons (Fsp3) is 0.533. The third-order valence-corrected chi connectivity index (χ3v) is 3.35. The molecule has 0 saturated carbocycles. The molecule has 0 aliphatic carbocycles. The number of rotatable bonds is 8. The average molecular weight is 281 g/mol. The molecule has 0 aromatic heterocycles. The number of hydrogen-bond acceptors (Lipinski definition) is 4. The number of carboxylic acid groups (broad SMARTS) is 1. The van der Waals surface area contributed by atoms with Crippen LogP contribution in [0.15, 0.2) is 18.2 Å². The highest BCUT2D eigenvalue weighted by atomic mass is 16.5. The Balaban J connectivity index is 2.78. The molecule has 5 heteroatoms. The van der Waals surface area contributed by atoms with Crippen LogP contribution in [0.4, 0.5) is 0 Å². The monoisotopic (exact) mass is 281 g/mol. The Morgan fingerprint density at radius 1 is 1.30 bits per heavy atom. The molecule has 1 N–H and O–H groups in total. The molecule has 0 radical (unpaired) electrons. The van der Waals surface area contributed by atoms with E-state index >= 15 is 0 Å². The quantitative estimate of drug-likeness (QED) is 0.790. The highest BCUT2D eigenvalue weighted by Crippen LogP contribution is 2.28. The molecule has 1 aromatic rings. The van der Waals surface area contributed by atoms with Gasteiger partial charge in [-0.3, -0.25) is 9.69 Å². The first-order chi connectivity index (χ1) is 9.51. The average Bonchev–Trinajstić information content (AvgIpc) is 2.44. The van der Waals surface area contributed by atoms with Crippen LogP contribution in [-0.2, 0) is 11.2 Å². The lowest BCUT2D eigenvalue weighted by Gasteiger charge is -2.26. The van der Waals surface area contributed by atoms with Gasteiger partial charge >= 0.3 is 5.97 Å². The summed E-state index contributed by atoms with van der Waals surface area (Å²) in [4.78, 5) is 12.8. The Bertz CT molecular complexity index is 447. The molecule has 112 valence electrons. The van der Waals surface area contributed by atoms with Crippen LogP contribution in [0.25, 0.3) is 0 Å². The van der Waals surface area contributed by atoms with Gasteiger partial charge in [-0.2, -0.15) is 0 Å². The summed E-state index contributed by atoms with van der Waals surface area (Å²) < 4.78 is 10.5. The van der Waals surface area contributed by atoms with Crippen LogP contribution in [-0.4, -0.2) is 49.3 Å². The van der Waals surface area contributed by atoms with Crippen molar-refractivity contribution in [2.45, 2.75) is 26.3 Å². The summed E-state index contributed by atoms with van der Waals surface area (Å²) in [5.41, 5.74) is 1.10. The van der Waals surface area contributed by atoms with Crippen molar-refractivity contribution in [1.29, 1.82) is 0 Å². The maximum absolute atomic E-state index is 10.8. The minimum Gasteiger partial charge on any atom is -0.493 e. The first-order valence-corrected chi connectivity index (χ1v) is 6.68. The molecule has 1 aromatic carbocycles. The second-order valence-electron chi connectivity index (χ2n) is 4.70. The molecule has 5 nitrogen and oxygen atoms in total. The Kier molecular flexibility index (Phi) is 6.31. The van der Waals surface area contributed by atoms with Crippen LogP contribution in [0, 0.1) is 0 Å². The van der Waals surface area contributed by atoms with E-state index in [1.807, 2.05) is 36.9 Å². The SMILES string of the molecule is CCN(CC(=O)O)C(C)Cc1ccc(OC)c(OC)c1. The number of benzene rings is 1. The maximum atomic E-state index is 10.8. The summed E-state index contributed by atoms with van der Waals surface area (Å²) in [5, 5.41) is 8.90. The van der Waals surface area contributed by atoms with Crippen LogP contribution in [0.3, 0.4) is 0 Å². The van der Waals surface area contributed by atoms with Gasteiger partial charge in [0.1, 0.15) is 0 Å². The zero-order chi connectivity index (χ0) is 15.1. The minimum atomic E-state index is -0.800. The molecule has 0 fully saturated rings. The number of nitrogens with zero attached hydrogens (tertiary/aromatic N) is 1. The summed E-state index contributed by atoms with van der Waals surface area (Å²) in [6.07, 6.45) is 0.765. The van der Waals surface area contributed by atoms with Crippen molar-refractivity contribution in [1.82, 2.24) is 4.90 Å². The highest BCUT2D eigenvalue weighted by molar-refractivity contribution is 5.69. The van der Waals surface area contributed by atoms with Crippen molar-refractivity contribution in [2.24, 2.45) is 0 Å². The molecule has 0 heterocycles. The molecule has 1 rings (SSSR count). The van der Waals surface area contributed by atoms with E-state index in [0.717, 1.165) is 12.0 Å². The smallest absolute Gasteiger partial charge is 0.317 e. The number of carbonyl (C=O) groups is 1. The Morgan fingerprint density at radius 2 is 1.95 bits per heavy atom. The fourth-order valence-electron chi connectivity index (χ4n) is 2.23. The Hall–Kier alpha value is -1.75. The standard InChI is InChI=1S/C15H23NO4/c1-5-16(10-15(17)18)11(2)8-12-6-7-13(19-3)14(9-12)20-4/h6-7,9,11H,5,8,10H2,1-4H3,(H,17,18). The third-order valence-electron chi connectivity index (χ3n) is 3.35. The van der Waals surface area contributed by atoms with E-state index in [1.165, 1.54) is 0 Å². The summed E-state index contributed by atoms with van der Waals surface area (Å²) in [6.45, 7) is 4.77. The van der Waals surface area contributed by atoms with Gasteiger partial charge in [0.2, 0.25) is 0 Å². The predicted molar refractivity (Wildman–Crippen MR) is 77.6 cm³/mol. The molecular weight excluding hydrogens is 258 g/mol. The molecule has 0 bridgehead atoms. The van der Waals surface area contributed by atoms with Gasteiger partial charge in [-0.15, -0.1) is 0 Å². The second-order valence-corrected chi connectivity index (χ2v) is 4.70. The van der Waals surface area contributed by atoms with E-state index in [0.29, 0.717) is 18.0 Å². The van der Waals surface area contributed by atoms with Gasteiger partial charge in [0, 0.05) is 6.04 Å². The number of ether oxygens (including phenoxy) is 2. The van der Waals surface area contributed by atoms with E-state index in [-0.39, 0.29) is 12.6 Å². The first kappa shape index (κ1) is 16.3. The van der Waals surface area contributed by atoms with Crippen molar-refractivity contribution in [3.8, 4) is 11.5 Å². The van der Waals surface area contributed by atoms with Crippen LogP contribution < -0.4 is 9.47 Å². The van der Waals surface area contributed by atoms with E-state index in [1.54, 1.807) is 14.2 Å². The maximum Gasteiger partial charge on any atom is 0.317 e. The van der Waals surface area contributed by atoms with E-state index in [9.17, 15) is 4.79 Å². The van der Waals surface area contributed by atoms with Crippen molar-refractivity contribution in [2.75, 3.05) is 27.3 Å².